The summed E-state index contributed by atoms with van der Waals surface area (Å²) >= 11 is 3.37. The van der Waals surface area contributed by atoms with Gasteiger partial charge in [-0.05, 0) is 37.1 Å². The molecule has 0 aliphatic rings. The average Bonchev–Trinajstić information content (AvgIpc) is 2.16. The van der Waals surface area contributed by atoms with Crippen molar-refractivity contribution < 1.29 is 9.90 Å². The molecule has 0 aromatic heterocycles. The van der Waals surface area contributed by atoms with Gasteiger partial charge in [0, 0.05) is 10.5 Å². The second-order valence-corrected chi connectivity index (χ2v) is 4.51. The van der Waals surface area contributed by atoms with E-state index >= 15 is 0 Å². The van der Waals surface area contributed by atoms with Crippen LogP contribution in [-0.4, -0.2) is 17.2 Å². The van der Waals surface area contributed by atoms with E-state index in [0.29, 0.717) is 0 Å². The Morgan fingerprint density at radius 1 is 1.44 bits per heavy atom. The molecule has 0 spiro atoms. The van der Waals surface area contributed by atoms with Crippen LogP contribution < -0.4 is 5.32 Å². The third kappa shape index (κ3) is 4.06. The Morgan fingerprint density at radius 2 is 2.00 bits per heavy atom. The van der Waals surface area contributed by atoms with Crippen LogP contribution in [0.5, 0.6) is 0 Å². The smallest absolute Gasteiger partial charge is 0.405 e. The van der Waals surface area contributed by atoms with Gasteiger partial charge in [0.15, 0.2) is 0 Å². The Morgan fingerprint density at radius 3 is 2.50 bits per heavy atom. The second-order valence-electron chi connectivity index (χ2n) is 3.59. The van der Waals surface area contributed by atoms with E-state index in [1.807, 2.05) is 37.3 Å². The van der Waals surface area contributed by atoms with Gasteiger partial charge in [0.2, 0.25) is 0 Å². The number of nitrogens with one attached hydrogen (secondary N) is 1. The molecule has 0 fully saturated rings. The molecule has 0 aliphatic carbocycles. The van der Waals surface area contributed by atoms with E-state index in [-0.39, 0.29) is 6.04 Å². The van der Waals surface area contributed by atoms with Gasteiger partial charge in [-0.15, -0.1) is 0 Å². The van der Waals surface area contributed by atoms with Crippen LogP contribution in [0.25, 0.3) is 5.57 Å². The number of allylic oxidation sites excluding steroid dienone is 1. The second kappa shape index (κ2) is 5.70. The Labute approximate surface area is 103 Å². The van der Waals surface area contributed by atoms with E-state index in [2.05, 4.69) is 21.2 Å². The van der Waals surface area contributed by atoms with Crippen LogP contribution in [0, 0.1) is 0 Å². The average molecular weight is 284 g/mol. The van der Waals surface area contributed by atoms with Crippen LogP contribution in [0.2, 0.25) is 0 Å². The number of carboxylic acid groups (broad SMARTS) is 1. The molecule has 1 amide bonds. The van der Waals surface area contributed by atoms with Crippen molar-refractivity contribution in [2.75, 3.05) is 0 Å². The predicted molar refractivity (Wildman–Crippen MR) is 68.4 cm³/mol. The van der Waals surface area contributed by atoms with Crippen molar-refractivity contribution in [2.24, 2.45) is 0 Å². The molecule has 0 saturated carbocycles. The molecule has 0 unspecified atom stereocenters. The topological polar surface area (TPSA) is 49.3 Å². The lowest BCUT2D eigenvalue weighted by atomic mass is 10.1. The lowest BCUT2D eigenvalue weighted by Gasteiger charge is -2.08. The van der Waals surface area contributed by atoms with Gasteiger partial charge in [-0.1, -0.05) is 34.1 Å². The molecule has 1 aromatic carbocycles. The van der Waals surface area contributed by atoms with Crippen LogP contribution in [0.4, 0.5) is 4.79 Å². The minimum atomic E-state index is -1.01. The first-order chi connectivity index (χ1) is 7.49. The lowest BCUT2D eigenvalue weighted by molar-refractivity contribution is 0.193. The van der Waals surface area contributed by atoms with E-state index < -0.39 is 6.09 Å². The summed E-state index contributed by atoms with van der Waals surface area (Å²) in [5.41, 5.74) is 2.14. The SMILES string of the molecule is CC(=C[C@H](C)NC(=O)O)c1ccc(Br)cc1. The van der Waals surface area contributed by atoms with Gasteiger partial charge in [0.05, 0.1) is 0 Å². The third-order valence-corrected chi connectivity index (χ3v) is 2.68. The van der Waals surface area contributed by atoms with Crippen molar-refractivity contribution >= 4 is 27.6 Å². The highest BCUT2D eigenvalue weighted by atomic mass is 79.9. The first-order valence-corrected chi connectivity index (χ1v) is 5.72. The van der Waals surface area contributed by atoms with Gasteiger partial charge in [0.25, 0.3) is 0 Å². The van der Waals surface area contributed by atoms with Gasteiger partial charge < -0.3 is 10.4 Å². The molecule has 1 atom stereocenters. The molecule has 0 heterocycles. The molecule has 2 N–H and O–H groups in total. The quantitative estimate of drug-likeness (QED) is 0.892. The number of halogens is 1. The number of rotatable bonds is 3. The fourth-order valence-electron chi connectivity index (χ4n) is 1.42. The van der Waals surface area contributed by atoms with E-state index in [0.717, 1.165) is 15.6 Å². The van der Waals surface area contributed by atoms with Gasteiger partial charge in [0.1, 0.15) is 0 Å². The zero-order valence-electron chi connectivity index (χ0n) is 9.20. The highest BCUT2D eigenvalue weighted by Crippen LogP contribution is 2.17. The maximum atomic E-state index is 10.4. The fraction of sp³-hybridized carbons (Fsp3) is 0.250. The molecule has 86 valence electrons. The molecule has 0 aliphatic heterocycles. The van der Waals surface area contributed by atoms with Gasteiger partial charge in [-0.25, -0.2) is 4.79 Å². The lowest BCUT2D eigenvalue weighted by Crippen LogP contribution is -2.29. The van der Waals surface area contributed by atoms with Gasteiger partial charge in [-0.2, -0.15) is 0 Å². The molecule has 1 aromatic rings. The van der Waals surface area contributed by atoms with Gasteiger partial charge >= 0.3 is 6.09 Å². The van der Waals surface area contributed by atoms with Crippen LogP contribution in [0.1, 0.15) is 19.4 Å². The molecule has 3 nitrogen and oxygen atoms in total. The predicted octanol–water partition coefficient (Wildman–Crippen LogP) is 3.51. The monoisotopic (exact) mass is 283 g/mol. The molecular formula is C12H14BrNO2. The molecule has 4 heteroatoms. The highest BCUT2D eigenvalue weighted by molar-refractivity contribution is 9.10. The van der Waals surface area contributed by atoms with Crippen molar-refractivity contribution in [3.05, 3.63) is 40.4 Å². The van der Waals surface area contributed by atoms with Crippen molar-refractivity contribution in [3.8, 4) is 0 Å². The van der Waals surface area contributed by atoms with E-state index in [9.17, 15) is 4.79 Å². The number of hydrogen-bond donors (Lipinski definition) is 2. The number of amides is 1. The zero-order valence-corrected chi connectivity index (χ0v) is 10.8. The van der Waals surface area contributed by atoms with Crippen molar-refractivity contribution in [3.63, 3.8) is 0 Å². The molecule has 1 rings (SSSR count). The maximum Gasteiger partial charge on any atom is 0.405 e. The molecule has 0 radical (unpaired) electrons. The molecule has 16 heavy (non-hydrogen) atoms. The van der Waals surface area contributed by atoms with E-state index in [1.165, 1.54) is 0 Å². The standard InChI is InChI=1S/C12H14BrNO2/c1-8(7-9(2)14-12(15)16)10-3-5-11(13)6-4-10/h3-7,9,14H,1-2H3,(H,15,16)/t9-/m0/s1. The molecule has 0 saturated heterocycles. The summed E-state index contributed by atoms with van der Waals surface area (Å²) < 4.78 is 1.03. The summed E-state index contributed by atoms with van der Waals surface area (Å²) in [6.07, 6.45) is 0.879. The Balaban J connectivity index is 2.76. The zero-order chi connectivity index (χ0) is 12.1. The maximum absolute atomic E-state index is 10.4. The molecular weight excluding hydrogens is 270 g/mol. The number of hydrogen-bond acceptors (Lipinski definition) is 1. The largest absolute Gasteiger partial charge is 0.465 e. The summed E-state index contributed by atoms with van der Waals surface area (Å²) in [5.74, 6) is 0. The first-order valence-electron chi connectivity index (χ1n) is 4.93. The highest BCUT2D eigenvalue weighted by Gasteiger charge is 2.03. The van der Waals surface area contributed by atoms with E-state index in [4.69, 9.17) is 5.11 Å². The fourth-order valence-corrected chi connectivity index (χ4v) is 1.68. The van der Waals surface area contributed by atoms with Crippen LogP contribution in [0.15, 0.2) is 34.8 Å². The summed E-state index contributed by atoms with van der Waals surface area (Å²) in [4.78, 5) is 10.4. The summed E-state index contributed by atoms with van der Waals surface area (Å²) in [6, 6.07) is 7.71. The van der Waals surface area contributed by atoms with Crippen molar-refractivity contribution in [2.45, 2.75) is 19.9 Å². The Bertz CT molecular complexity index is 398. The normalized spacial score (nSPS) is 13.3. The van der Waals surface area contributed by atoms with Crippen LogP contribution in [0.3, 0.4) is 0 Å². The summed E-state index contributed by atoms with van der Waals surface area (Å²) in [6.45, 7) is 3.76. The number of carbonyl (C=O) groups is 1. The third-order valence-electron chi connectivity index (χ3n) is 2.15. The van der Waals surface area contributed by atoms with Crippen molar-refractivity contribution in [1.82, 2.24) is 5.32 Å². The number of benzene rings is 1. The summed E-state index contributed by atoms with van der Waals surface area (Å²) in [5, 5.41) is 10.9. The van der Waals surface area contributed by atoms with Crippen LogP contribution >= 0.6 is 15.9 Å². The molecule has 0 bridgehead atoms. The van der Waals surface area contributed by atoms with Crippen molar-refractivity contribution in [1.29, 1.82) is 0 Å². The van der Waals surface area contributed by atoms with Crippen LogP contribution in [-0.2, 0) is 0 Å². The van der Waals surface area contributed by atoms with E-state index in [1.54, 1.807) is 6.92 Å². The minimum absolute atomic E-state index is 0.193. The first kappa shape index (κ1) is 12.8. The van der Waals surface area contributed by atoms with Gasteiger partial charge in [-0.3, -0.25) is 0 Å². The summed E-state index contributed by atoms with van der Waals surface area (Å²) in [7, 11) is 0. The Kier molecular flexibility index (Phi) is 4.55. The minimum Gasteiger partial charge on any atom is -0.465 e. The Hall–Kier alpha value is -1.29.